The molecule has 2 unspecified atom stereocenters. The molecule has 0 spiro atoms. The predicted octanol–water partition coefficient (Wildman–Crippen LogP) is 6.52. The van der Waals surface area contributed by atoms with Crippen LogP contribution in [0.1, 0.15) is 42.5 Å². The van der Waals surface area contributed by atoms with E-state index in [0.717, 1.165) is 46.5 Å². The second-order valence-electron chi connectivity index (χ2n) is 9.99. The molecular formula is C34H36N2O5. The van der Waals surface area contributed by atoms with Crippen molar-refractivity contribution >= 4 is 5.97 Å². The van der Waals surface area contributed by atoms with E-state index in [4.69, 9.17) is 23.9 Å². The second-order valence-corrected chi connectivity index (χ2v) is 9.99. The molecule has 0 radical (unpaired) electrons. The average Bonchev–Trinajstić information content (AvgIpc) is 3.03. The number of esters is 1. The molecule has 0 bridgehead atoms. The summed E-state index contributed by atoms with van der Waals surface area (Å²) < 4.78 is 23.4. The maximum atomic E-state index is 12.4. The molecule has 212 valence electrons. The number of carbonyl (C=O) groups is 1. The molecule has 1 fully saturated rings. The van der Waals surface area contributed by atoms with Crippen LogP contribution in [0.15, 0.2) is 91.0 Å². The van der Waals surface area contributed by atoms with Gasteiger partial charge in [0.05, 0.1) is 19.6 Å². The maximum Gasteiger partial charge on any atom is 0.309 e. The van der Waals surface area contributed by atoms with Gasteiger partial charge in [-0.15, -0.1) is 0 Å². The van der Waals surface area contributed by atoms with Gasteiger partial charge in [-0.2, -0.15) is 4.98 Å². The number of methoxy groups -OCH3 is 1. The van der Waals surface area contributed by atoms with E-state index in [1.54, 1.807) is 7.11 Å². The molecule has 1 aliphatic heterocycles. The van der Waals surface area contributed by atoms with Gasteiger partial charge in [0, 0.05) is 23.2 Å². The number of hydrogen-bond acceptors (Lipinski definition) is 7. The van der Waals surface area contributed by atoms with Crippen molar-refractivity contribution in [3.05, 3.63) is 108 Å². The Morgan fingerprint density at radius 2 is 1.61 bits per heavy atom. The molecule has 1 aromatic heterocycles. The minimum atomic E-state index is -0.129. The first-order valence-electron chi connectivity index (χ1n) is 14.1. The maximum absolute atomic E-state index is 12.4. The van der Waals surface area contributed by atoms with E-state index in [9.17, 15) is 4.79 Å². The third-order valence-corrected chi connectivity index (χ3v) is 7.23. The third kappa shape index (κ3) is 7.24. The highest BCUT2D eigenvalue weighted by Crippen LogP contribution is 2.38. The van der Waals surface area contributed by atoms with Crippen LogP contribution in [0.2, 0.25) is 0 Å². The average molecular weight is 553 g/mol. The number of carbonyl (C=O) groups excluding carboxylic acids is 1. The van der Waals surface area contributed by atoms with Crippen LogP contribution >= 0.6 is 0 Å². The van der Waals surface area contributed by atoms with Gasteiger partial charge >= 0.3 is 5.97 Å². The van der Waals surface area contributed by atoms with Crippen LogP contribution in [-0.2, 0) is 22.7 Å². The van der Waals surface area contributed by atoms with Crippen LogP contribution in [0, 0.1) is 5.92 Å². The van der Waals surface area contributed by atoms with Gasteiger partial charge in [0.1, 0.15) is 19.0 Å². The highest BCUT2D eigenvalue weighted by atomic mass is 16.5. The summed E-state index contributed by atoms with van der Waals surface area (Å²) in [5.41, 5.74) is 4.86. The normalized spacial score (nSPS) is 16.5. The van der Waals surface area contributed by atoms with Gasteiger partial charge in [-0.3, -0.25) is 4.79 Å². The molecule has 0 amide bonds. The largest absolute Gasteiger partial charge is 0.496 e. The Morgan fingerprint density at radius 3 is 2.29 bits per heavy atom. The standard InChI is InChI=1S/C34H36N2O5/c1-3-39-34(37)27-18-19-35-30(20-27)29-15-14-26(21-31(29)38-2)28-16-17-32(40-22-24-10-6-4-7-11-24)36-33(28)41-23-25-12-8-5-9-13-25/h4-17,21,27,30,35H,3,18-20,22-23H2,1-2H3. The van der Waals surface area contributed by atoms with Crippen molar-refractivity contribution in [2.24, 2.45) is 5.92 Å². The van der Waals surface area contributed by atoms with Gasteiger partial charge < -0.3 is 24.3 Å². The van der Waals surface area contributed by atoms with E-state index < -0.39 is 0 Å². The van der Waals surface area contributed by atoms with Crippen LogP contribution in [0.3, 0.4) is 0 Å². The van der Waals surface area contributed by atoms with Crippen molar-refractivity contribution in [3.63, 3.8) is 0 Å². The minimum absolute atomic E-state index is 0.0113. The van der Waals surface area contributed by atoms with Gasteiger partial charge in [-0.1, -0.05) is 72.8 Å². The van der Waals surface area contributed by atoms with E-state index in [1.807, 2.05) is 91.9 Å². The van der Waals surface area contributed by atoms with Crippen LogP contribution in [-0.4, -0.2) is 31.2 Å². The lowest BCUT2D eigenvalue weighted by Gasteiger charge is -2.30. The number of pyridine rings is 1. The van der Waals surface area contributed by atoms with E-state index in [2.05, 4.69) is 11.4 Å². The molecule has 1 saturated heterocycles. The van der Waals surface area contributed by atoms with E-state index in [0.29, 0.717) is 38.0 Å². The van der Waals surface area contributed by atoms with Crippen LogP contribution in [0.5, 0.6) is 17.5 Å². The first-order valence-corrected chi connectivity index (χ1v) is 14.1. The Morgan fingerprint density at radius 1 is 0.902 bits per heavy atom. The van der Waals surface area contributed by atoms with Gasteiger partial charge in [-0.25, -0.2) is 0 Å². The smallest absolute Gasteiger partial charge is 0.309 e. The first-order chi connectivity index (χ1) is 20.1. The molecular weight excluding hydrogens is 516 g/mol. The number of piperidine rings is 1. The van der Waals surface area contributed by atoms with Gasteiger partial charge in [-0.05, 0) is 55.1 Å². The lowest BCUT2D eigenvalue weighted by atomic mass is 9.87. The lowest BCUT2D eigenvalue weighted by molar-refractivity contribution is -0.149. The minimum Gasteiger partial charge on any atom is -0.496 e. The number of ether oxygens (including phenoxy) is 4. The molecule has 2 atom stereocenters. The summed E-state index contributed by atoms with van der Waals surface area (Å²) in [6.07, 6.45) is 1.43. The van der Waals surface area contributed by atoms with Crippen molar-refractivity contribution in [2.45, 2.75) is 39.0 Å². The monoisotopic (exact) mass is 552 g/mol. The van der Waals surface area contributed by atoms with E-state index in [-0.39, 0.29) is 17.9 Å². The van der Waals surface area contributed by atoms with Crippen molar-refractivity contribution in [1.29, 1.82) is 0 Å². The number of rotatable bonds is 11. The molecule has 1 aliphatic rings. The quantitative estimate of drug-likeness (QED) is 0.212. The Kier molecular flexibility index (Phi) is 9.49. The summed E-state index contributed by atoms with van der Waals surface area (Å²) in [7, 11) is 1.67. The molecule has 3 aromatic carbocycles. The van der Waals surface area contributed by atoms with Crippen LogP contribution < -0.4 is 19.5 Å². The predicted molar refractivity (Wildman–Crippen MR) is 158 cm³/mol. The number of nitrogens with zero attached hydrogens (tertiary/aromatic N) is 1. The number of aromatic nitrogens is 1. The fraction of sp³-hybridized carbons (Fsp3) is 0.294. The Bertz CT molecular complexity index is 1430. The summed E-state index contributed by atoms with van der Waals surface area (Å²) in [6, 6.07) is 29.9. The molecule has 1 N–H and O–H groups in total. The van der Waals surface area contributed by atoms with Gasteiger partial charge in [0.25, 0.3) is 0 Å². The van der Waals surface area contributed by atoms with Crippen molar-refractivity contribution in [3.8, 4) is 28.6 Å². The molecule has 0 aliphatic carbocycles. The highest BCUT2D eigenvalue weighted by Gasteiger charge is 2.30. The first kappa shape index (κ1) is 28.2. The molecule has 0 saturated carbocycles. The SMILES string of the molecule is CCOC(=O)C1CCNC(c2ccc(-c3ccc(OCc4ccccc4)nc3OCc3ccccc3)cc2OC)C1. The number of benzene rings is 3. The fourth-order valence-electron chi connectivity index (χ4n) is 5.09. The molecule has 2 heterocycles. The summed E-state index contributed by atoms with van der Waals surface area (Å²) in [5, 5.41) is 3.54. The summed E-state index contributed by atoms with van der Waals surface area (Å²) in [6.45, 7) is 3.76. The molecule has 5 rings (SSSR count). The zero-order chi connectivity index (χ0) is 28.4. The topological polar surface area (TPSA) is 78.9 Å². The lowest BCUT2D eigenvalue weighted by Crippen LogP contribution is -2.35. The summed E-state index contributed by atoms with van der Waals surface area (Å²) in [4.78, 5) is 17.2. The second kappa shape index (κ2) is 13.8. The highest BCUT2D eigenvalue weighted by molar-refractivity contribution is 5.73. The zero-order valence-electron chi connectivity index (χ0n) is 23.5. The molecule has 7 nitrogen and oxygen atoms in total. The third-order valence-electron chi connectivity index (χ3n) is 7.23. The Hall–Kier alpha value is -4.36. The Balaban J connectivity index is 1.41. The van der Waals surface area contributed by atoms with Crippen molar-refractivity contribution in [1.82, 2.24) is 10.3 Å². The number of hydrogen-bond donors (Lipinski definition) is 1. The molecule has 4 aromatic rings. The van der Waals surface area contributed by atoms with E-state index >= 15 is 0 Å². The molecule has 41 heavy (non-hydrogen) atoms. The van der Waals surface area contributed by atoms with Gasteiger partial charge in [0.15, 0.2) is 0 Å². The van der Waals surface area contributed by atoms with Crippen molar-refractivity contribution in [2.75, 3.05) is 20.3 Å². The van der Waals surface area contributed by atoms with Crippen molar-refractivity contribution < 1.29 is 23.7 Å². The van der Waals surface area contributed by atoms with Gasteiger partial charge in [0.2, 0.25) is 11.8 Å². The molecule has 7 heteroatoms. The zero-order valence-corrected chi connectivity index (χ0v) is 23.5. The fourth-order valence-corrected chi connectivity index (χ4v) is 5.09. The summed E-state index contributed by atoms with van der Waals surface area (Å²) in [5.74, 6) is 1.45. The summed E-state index contributed by atoms with van der Waals surface area (Å²) >= 11 is 0. The Labute approximate surface area is 241 Å². The van der Waals surface area contributed by atoms with Crippen LogP contribution in [0.25, 0.3) is 11.1 Å². The van der Waals surface area contributed by atoms with Crippen LogP contribution in [0.4, 0.5) is 0 Å². The number of nitrogens with one attached hydrogen (secondary N) is 1. The van der Waals surface area contributed by atoms with E-state index in [1.165, 1.54) is 0 Å².